The maximum atomic E-state index is 14.6. The molecule has 2 nitrogen and oxygen atoms in total. The lowest BCUT2D eigenvalue weighted by atomic mass is 9.90. The van der Waals surface area contributed by atoms with E-state index >= 15 is 0 Å². The molecule has 2 heterocycles. The molecule has 0 spiro atoms. The van der Waals surface area contributed by atoms with Crippen molar-refractivity contribution in [1.29, 1.82) is 0 Å². The van der Waals surface area contributed by atoms with Crippen molar-refractivity contribution in [3.05, 3.63) is 29.3 Å². The molecule has 1 aromatic carbocycles. The van der Waals surface area contributed by atoms with Gasteiger partial charge >= 0.3 is 0 Å². The van der Waals surface area contributed by atoms with Crippen LogP contribution in [0.25, 0.3) is 0 Å². The molecular weight excluding hydrogens is 217 g/mol. The lowest BCUT2D eigenvalue weighted by Gasteiger charge is -2.26. The Morgan fingerprint density at radius 3 is 3.18 bits per heavy atom. The molecule has 2 aliphatic heterocycles. The second-order valence-corrected chi connectivity index (χ2v) is 4.94. The van der Waals surface area contributed by atoms with Crippen molar-refractivity contribution in [3.8, 4) is 0 Å². The van der Waals surface area contributed by atoms with E-state index in [0.29, 0.717) is 6.61 Å². The summed E-state index contributed by atoms with van der Waals surface area (Å²) in [5.41, 5.74) is 3.11. The average molecular weight is 235 g/mol. The zero-order valence-corrected chi connectivity index (χ0v) is 9.92. The predicted molar refractivity (Wildman–Crippen MR) is 66.0 cm³/mol. The first-order valence-corrected chi connectivity index (χ1v) is 6.44. The molecule has 92 valence electrons. The highest BCUT2D eigenvalue weighted by atomic mass is 19.1. The Bertz CT molecular complexity index is 401. The summed E-state index contributed by atoms with van der Waals surface area (Å²) in [6.07, 6.45) is 2.03. The fraction of sp³-hybridized carbons (Fsp3) is 0.571. The minimum Gasteiger partial charge on any atom is -0.384 e. The van der Waals surface area contributed by atoms with Crippen LogP contribution in [0.2, 0.25) is 0 Å². The lowest BCUT2D eigenvalue weighted by Crippen LogP contribution is -2.22. The standard InChI is InChI=1S/C14H18FNO/c15-13(11-4-2-8-17-9-11)12-5-1-3-10-6-7-16-14(10)12/h1,3,5,11,13,16H,2,4,6-9H2. The van der Waals surface area contributed by atoms with Crippen LogP contribution in [-0.2, 0) is 11.2 Å². The summed E-state index contributed by atoms with van der Waals surface area (Å²) in [4.78, 5) is 0. The number of benzene rings is 1. The van der Waals surface area contributed by atoms with Gasteiger partial charge < -0.3 is 10.1 Å². The van der Waals surface area contributed by atoms with Crippen molar-refractivity contribution in [2.24, 2.45) is 5.92 Å². The van der Waals surface area contributed by atoms with Crippen LogP contribution < -0.4 is 5.32 Å². The van der Waals surface area contributed by atoms with E-state index in [1.807, 2.05) is 12.1 Å². The number of anilines is 1. The van der Waals surface area contributed by atoms with Crippen LogP contribution in [0.3, 0.4) is 0 Å². The molecule has 3 rings (SSSR count). The van der Waals surface area contributed by atoms with Crippen molar-refractivity contribution in [3.63, 3.8) is 0 Å². The number of rotatable bonds is 2. The van der Waals surface area contributed by atoms with Crippen LogP contribution in [0, 0.1) is 5.92 Å². The van der Waals surface area contributed by atoms with Gasteiger partial charge in [0.1, 0.15) is 6.17 Å². The predicted octanol–water partition coefficient (Wildman–Crippen LogP) is 3.09. The molecule has 0 amide bonds. The summed E-state index contributed by atoms with van der Waals surface area (Å²) < 4.78 is 19.9. The maximum absolute atomic E-state index is 14.6. The van der Waals surface area contributed by atoms with E-state index in [2.05, 4.69) is 11.4 Å². The Morgan fingerprint density at radius 1 is 1.41 bits per heavy atom. The van der Waals surface area contributed by atoms with Crippen LogP contribution >= 0.6 is 0 Å². The van der Waals surface area contributed by atoms with Gasteiger partial charge in [-0.25, -0.2) is 4.39 Å². The molecule has 17 heavy (non-hydrogen) atoms. The maximum Gasteiger partial charge on any atom is 0.132 e. The molecule has 3 heteroatoms. The molecule has 0 aromatic heterocycles. The van der Waals surface area contributed by atoms with Gasteiger partial charge in [-0.05, 0) is 24.8 Å². The monoisotopic (exact) mass is 235 g/mol. The highest BCUT2D eigenvalue weighted by molar-refractivity contribution is 5.62. The Kier molecular flexibility index (Phi) is 3.02. The first-order chi connectivity index (χ1) is 8.36. The largest absolute Gasteiger partial charge is 0.384 e. The lowest BCUT2D eigenvalue weighted by molar-refractivity contribution is 0.0198. The summed E-state index contributed by atoms with van der Waals surface area (Å²) in [7, 11) is 0. The minimum atomic E-state index is -0.893. The van der Waals surface area contributed by atoms with Gasteiger partial charge in [-0.1, -0.05) is 18.2 Å². The Morgan fingerprint density at radius 2 is 2.35 bits per heavy atom. The SMILES string of the molecule is FC(c1cccc2c1NCC2)C1CCCOC1. The van der Waals surface area contributed by atoms with Crippen molar-refractivity contribution in [2.45, 2.75) is 25.4 Å². The van der Waals surface area contributed by atoms with Crippen LogP contribution in [0.5, 0.6) is 0 Å². The Labute approximate surface area is 101 Å². The van der Waals surface area contributed by atoms with Crippen LogP contribution in [0.1, 0.15) is 30.1 Å². The van der Waals surface area contributed by atoms with Crippen molar-refractivity contribution < 1.29 is 9.13 Å². The molecule has 2 aliphatic rings. The second-order valence-electron chi connectivity index (χ2n) is 4.94. The van der Waals surface area contributed by atoms with Crippen LogP contribution in [-0.4, -0.2) is 19.8 Å². The van der Waals surface area contributed by atoms with Crippen molar-refractivity contribution >= 4 is 5.69 Å². The zero-order valence-electron chi connectivity index (χ0n) is 9.92. The number of fused-ring (bicyclic) bond motifs is 1. The fourth-order valence-corrected chi connectivity index (χ4v) is 2.85. The van der Waals surface area contributed by atoms with Crippen LogP contribution in [0.4, 0.5) is 10.1 Å². The number of ether oxygens (including phenoxy) is 1. The average Bonchev–Trinajstić information content (AvgIpc) is 2.87. The molecule has 0 radical (unpaired) electrons. The quantitative estimate of drug-likeness (QED) is 0.850. The molecule has 1 saturated heterocycles. The number of halogens is 1. The van der Waals surface area contributed by atoms with Gasteiger partial charge in [-0.15, -0.1) is 0 Å². The number of hydrogen-bond donors (Lipinski definition) is 1. The van der Waals surface area contributed by atoms with Crippen molar-refractivity contribution in [1.82, 2.24) is 0 Å². The Balaban J connectivity index is 1.85. The molecule has 2 unspecified atom stereocenters. The van der Waals surface area contributed by atoms with E-state index in [1.165, 1.54) is 5.56 Å². The van der Waals surface area contributed by atoms with E-state index in [9.17, 15) is 4.39 Å². The van der Waals surface area contributed by atoms with Gasteiger partial charge in [0.25, 0.3) is 0 Å². The second kappa shape index (κ2) is 4.65. The van der Waals surface area contributed by atoms with Gasteiger partial charge in [-0.2, -0.15) is 0 Å². The van der Waals surface area contributed by atoms with Crippen LogP contribution in [0.15, 0.2) is 18.2 Å². The summed E-state index contributed by atoms with van der Waals surface area (Å²) in [6.45, 7) is 2.28. The smallest absolute Gasteiger partial charge is 0.132 e. The molecule has 2 atom stereocenters. The third-order valence-electron chi connectivity index (χ3n) is 3.79. The van der Waals surface area contributed by atoms with E-state index < -0.39 is 6.17 Å². The number of hydrogen-bond acceptors (Lipinski definition) is 2. The summed E-state index contributed by atoms with van der Waals surface area (Å²) in [5, 5.41) is 3.31. The van der Waals surface area contributed by atoms with E-state index in [-0.39, 0.29) is 5.92 Å². The zero-order chi connectivity index (χ0) is 11.7. The Hall–Kier alpha value is -1.09. The van der Waals surface area contributed by atoms with E-state index in [0.717, 1.165) is 43.7 Å². The minimum absolute atomic E-state index is 0.0256. The molecule has 1 N–H and O–H groups in total. The van der Waals surface area contributed by atoms with Gasteiger partial charge in [0, 0.05) is 30.3 Å². The van der Waals surface area contributed by atoms with Crippen molar-refractivity contribution in [2.75, 3.05) is 25.1 Å². The number of alkyl halides is 1. The van der Waals surface area contributed by atoms with Gasteiger partial charge in [0.15, 0.2) is 0 Å². The third kappa shape index (κ3) is 2.04. The summed E-state index contributed by atoms with van der Waals surface area (Å²) in [6, 6.07) is 5.97. The molecule has 0 bridgehead atoms. The number of para-hydroxylation sites is 1. The first-order valence-electron chi connectivity index (χ1n) is 6.44. The van der Waals surface area contributed by atoms with Gasteiger partial charge in [0.05, 0.1) is 6.61 Å². The third-order valence-corrected chi connectivity index (χ3v) is 3.79. The summed E-state index contributed by atoms with van der Waals surface area (Å²) in [5.74, 6) is 0.0256. The summed E-state index contributed by atoms with van der Waals surface area (Å²) >= 11 is 0. The highest BCUT2D eigenvalue weighted by Crippen LogP contribution is 2.38. The molecule has 0 saturated carbocycles. The van der Waals surface area contributed by atoms with E-state index in [4.69, 9.17) is 4.74 Å². The van der Waals surface area contributed by atoms with Gasteiger partial charge in [-0.3, -0.25) is 0 Å². The molecule has 0 aliphatic carbocycles. The molecule has 1 aromatic rings. The highest BCUT2D eigenvalue weighted by Gasteiger charge is 2.28. The number of nitrogens with one attached hydrogen (secondary N) is 1. The fourth-order valence-electron chi connectivity index (χ4n) is 2.85. The molecular formula is C14H18FNO. The molecule has 1 fully saturated rings. The van der Waals surface area contributed by atoms with E-state index in [1.54, 1.807) is 0 Å². The van der Waals surface area contributed by atoms with Gasteiger partial charge in [0.2, 0.25) is 0 Å². The normalized spacial score (nSPS) is 25.1. The first kappa shape index (κ1) is 11.0. The topological polar surface area (TPSA) is 21.3 Å².